The number of benzene rings is 2. The van der Waals surface area contributed by atoms with Gasteiger partial charge in [-0.2, -0.15) is 0 Å². The molecule has 0 unspecified atom stereocenters. The molecule has 1 fully saturated rings. The molecule has 1 amide bonds. The zero-order valence-electron chi connectivity index (χ0n) is 17.0. The van der Waals surface area contributed by atoms with Gasteiger partial charge in [-0.15, -0.1) is 0 Å². The number of hydrogen-bond donors (Lipinski definition) is 1. The van der Waals surface area contributed by atoms with Crippen LogP contribution in [0.4, 0.5) is 11.4 Å². The lowest BCUT2D eigenvalue weighted by Gasteiger charge is -2.36. The summed E-state index contributed by atoms with van der Waals surface area (Å²) < 4.78 is 5.89. The Bertz CT molecular complexity index is 898. The van der Waals surface area contributed by atoms with Crippen LogP contribution in [0.15, 0.2) is 36.4 Å². The third kappa shape index (κ3) is 6.06. The Labute approximate surface area is 195 Å². The van der Waals surface area contributed by atoms with Crippen molar-refractivity contribution >= 4 is 40.5 Å². The van der Waals surface area contributed by atoms with Crippen molar-refractivity contribution in [1.29, 1.82) is 0 Å². The fraction of sp³-hybridized carbons (Fsp3) is 0.458. The van der Waals surface area contributed by atoms with E-state index in [2.05, 4.69) is 21.2 Å². The maximum Gasteiger partial charge on any atom is 0.224 e. The lowest BCUT2D eigenvalue weighted by molar-refractivity contribution is -0.116. The lowest BCUT2D eigenvalue weighted by atomic mass is 10.0. The minimum Gasteiger partial charge on any atom is -0.494 e. The van der Waals surface area contributed by atoms with Gasteiger partial charge in [-0.05, 0) is 49.6 Å². The van der Waals surface area contributed by atoms with Crippen LogP contribution >= 0.6 is 23.2 Å². The van der Waals surface area contributed by atoms with Gasteiger partial charge < -0.3 is 15.0 Å². The van der Waals surface area contributed by atoms with Gasteiger partial charge in [0.1, 0.15) is 5.75 Å². The molecular weight excluding hydrogens is 433 g/mol. The maximum atomic E-state index is 11.5. The van der Waals surface area contributed by atoms with E-state index in [1.54, 1.807) is 0 Å². The number of hydrogen-bond acceptors (Lipinski definition) is 4. The smallest absolute Gasteiger partial charge is 0.224 e. The number of nitrogens with one attached hydrogen (secondary N) is 1. The summed E-state index contributed by atoms with van der Waals surface area (Å²) >= 11 is 12.5. The number of anilines is 2. The number of unbranched alkanes of at least 4 members (excludes halogenated alkanes) is 1. The Morgan fingerprint density at radius 3 is 2.61 bits per heavy atom. The van der Waals surface area contributed by atoms with Gasteiger partial charge in [0.2, 0.25) is 5.91 Å². The molecule has 2 heterocycles. The van der Waals surface area contributed by atoms with E-state index in [1.165, 1.54) is 5.56 Å². The Hall–Kier alpha value is -1.95. The highest BCUT2D eigenvalue weighted by Gasteiger charge is 2.19. The number of halogens is 2. The highest BCUT2D eigenvalue weighted by atomic mass is 35.5. The van der Waals surface area contributed by atoms with Crippen LogP contribution in [-0.2, 0) is 11.2 Å². The van der Waals surface area contributed by atoms with Gasteiger partial charge in [-0.3, -0.25) is 9.69 Å². The molecule has 168 valence electrons. The number of carbonyl (C=O) groups is 1. The number of carbonyl (C=O) groups excluding carboxylic acids is 1. The zero-order chi connectivity index (χ0) is 20.9. The Morgan fingerprint density at radius 1 is 1.00 bits per heavy atom. The standard InChI is InChI=1S/C23H27Cl2N3O2.CH4/c24-19-4-3-5-21(23(19)25)28-13-11-27(12-14-28)10-1-2-15-30-18-8-6-17-7-9-22(29)26-20(17)16-18;/h3-6,8,16H,1-2,7,9-15H2,(H,26,29);1H4. The lowest BCUT2D eigenvalue weighted by Crippen LogP contribution is -2.46. The number of ether oxygens (including phenoxy) is 1. The maximum absolute atomic E-state index is 11.5. The number of rotatable bonds is 7. The first kappa shape index (κ1) is 23.7. The van der Waals surface area contributed by atoms with Gasteiger partial charge in [-0.1, -0.05) is 42.8 Å². The van der Waals surface area contributed by atoms with E-state index in [1.807, 2.05) is 30.3 Å². The normalized spacial score (nSPS) is 16.3. The number of piperazine rings is 1. The monoisotopic (exact) mass is 463 g/mol. The van der Waals surface area contributed by atoms with E-state index >= 15 is 0 Å². The summed E-state index contributed by atoms with van der Waals surface area (Å²) in [6.45, 7) is 5.71. The molecule has 2 aromatic rings. The quantitative estimate of drug-likeness (QED) is 0.550. The second kappa shape index (κ2) is 11.1. The van der Waals surface area contributed by atoms with Crippen LogP contribution in [0.3, 0.4) is 0 Å². The van der Waals surface area contributed by atoms with Crippen molar-refractivity contribution in [3.05, 3.63) is 52.0 Å². The largest absolute Gasteiger partial charge is 0.494 e. The van der Waals surface area contributed by atoms with Gasteiger partial charge in [0.25, 0.3) is 0 Å². The number of nitrogens with zero attached hydrogens (tertiary/aromatic N) is 2. The predicted molar refractivity (Wildman–Crippen MR) is 130 cm³/mol. The first-order chi connectivity index (χ1) is 14.6. The summed E-state index contributed by atoms with van der Waals surface area (Å²) in [7, 11) is 0. The molecule has 0 atom stereocenters. The first-order valence-corrected chi connectivity index (χ1v) is 11.3. The van der Waals surface area contributed by atoms with Crippen molar-refractivity contribution in [3.8, 4) is 5.75 Å². The Morgan fingerprint density at radius 2 is 1.81 bits per heavy atom. The van der Waals surface area contributed by atoms with E-state index in [4.69, 9.17) is 27.9 Å². The summed E-state index contributed by atoms with van der Waals surface area (Å²) in [6.07, 6.45) is 3.47. The van der Waals surface area contributed by atoms with Crippen LogP contribution in [0.1, 0.15) is 32.3 Å². The van der Waals surface area contributed by atoms with Gasteiger partial charge in [0.15, 0.2) is 0 Å². The molecule has 1 saturated heterocycles. The molecule has 0 aliphatic carbocycles. The highest BCUT2D eigenvalue weighted by Crippen LogP contribution is 2.33. The minimum atomic E-state index is 0. The first-order valence-electron chi connectivity index (χ1n) is 10.6. The molecule has 0 bridgehead atoms. The van der Waals surface area contributed by atoms with E-state index in [9.17, 15) is 4.79 Å². The number of amides is 1. The minimum absolute atomic E-state index is 0. The number of fused-ring (bicyclic) bond motifs is 1. The van der Waals surface area contributed by atoms with E-state index in [0.717, 1.165) is 69.1 Å². The van der Waals surface area contributed by atoms with Crippen molar-refractivity contribution in [1.82, 2.24) is 4.90 Å². The van der Waals surface area contributed by atoms with Crippen molar-refractivity contribution in [3.63, 3.8) is 0 Å². The summed E-state index contributed by atoms with van der Waals surface area (Å²) in [5, 5.41) is 4.18. The topological polar surface area (TPSA) is 44.8 Å². The average molecular weight is 464 g/mol. The van der Waals surface area contributed by atoms with Gasteiger partial charge in [0.05, 0.1) is 22.3 Å². The third-order valence-corrected chi connectivity index (χ3v) is 6.57. The molecule has 1 N–H and O–H groups in total. The summed E-state index contributed by atoms with van der Waals surface area (Å²) in [5.74, 6) is 0.903. The fourth-order valence-corrected chi connectivity index (χ4v) is 4.43. The van der Waals surface area contributed by atoms with Crippen molar-refractivity contribution < 1.29 is 9.53 Å². The van der Waals surface area contributed by atoms with Crippen LogP contribution in [0, 0.1) is 0 Å². The van der Waals surface area contributed by atoms with Crippen molar-refractivity contribution in [2.75, 3.05) is 49.5 Å². The summed E-state index contributed by atoms with van der Waals surface area (Å²) in [4.78, 5) is 16.3. The fourth-order valence-electron chi connectivity index (χ4n) is 4.02. The van der Waals surface area contributed by atoms with Gasteiger partial charge in [0, 0.05) is 44.4 Å². The van der Waals surface area contributed by atoms with Crippen LogP contribution < -0.4 is 15.0 Å². The molecule has 0 saturated carbocycles. The Balaban J connectivity index is 0.00000272. The third-order valence-electron chi connectivity index (χ3n) is 5.76. The van der Waals surface area contributed by atoms with Crippen molar-refractivity contribution in [2.24, 2.45) is 0 Å². The molecule has 2 aliphatic rings. The summed E-state index contributed by atoms with van der Waals surface area (Å²) in [5.41, 5.74) is 3.10. The molecule has 31 heavy (non-hydrogen) atoms. The number of aryl methyl sites for hydroxylation is 1. The second-order valence-electron chi connectivity index (χ2n) is 7.82. The van der Waals surface area contributed by atoms with E-state index < -0.39 is 0 Å². The second-order valence-corrected chi connectivity index (χ2v) is 8.61. The molecule has 0 spiro atoms. The molecule has 7 heteroatoms. The van der Waals surface area contributed by atoms with E-state index in [-0.39, 0.29) is 13.3 Å². The molecule has 0 aromatic heterocycles. The highest BCUT2D eigenvalue weighted by molar-refractivity contribution is 6.43. The molecular formula is C24H31Cl2N3O2. The van der Waals surface area contributed by atoms with Crippen molar-refractivity contribution in [2.45, 2.75) is 33.1 Å². The Kier molecular flexibility index (Phi) is 8.47. The van der Waals surface area contributed by atoms with E-state index in [0.29, 0.717) is 23.1 Å². The SMILES string of the molecule is C.O=C1CCc2ccc(OCCCCN3CCN(c4cccc(Cl)c4Cl)CC3)cc2N1. The zero-order valence-corrected chi connectivity index (χ0v) is 18.5. The van der Waals surface area contributed by atoms with Crippen LogP contribution in [0.2, 0.25) is 10.0 Å². The predicted octanol–water partition coefficient (Wildman–Crippen LogP) is 5.50. The van der Waals surface area contributed by atoms with Crippen LogP contribution in [0.25, 0.3) is 0 Å². The van der Waals surface area contributed by atoms with Crippen LogP contribution in [-0.4, -0.2) is 50.1 Å². The van der Waals surface area contributed by atoms with Gasteiger partial charge >= 0.3 is 0 Å². The molecule has 2 aromatic carbocycles. The molecule has 2 aliphatic heterocycles. The van der Waals surface area contributed by atoms with Gasteiger partial charge in [-0.25, -0.2) is 0 Å². The molecule has 0 radical (unpaired) electrons. The summed E-state index contributed by atoms with van der Waals surface area (Å²) in [6, 6.07) is 11.8. The average Bonchev–Trinajstić information content (AvgIpc) is 2.76. The van der Waals surface area contributed by atoms with Crippen LogP contribution in [0.5, 0.6) is 5.75 Å². The molecule has 4 rings (SSSR count). The molecule has 5 nitrogen and oxygen atoms in total.